The van der Waals surface area contributed by atoms with Gasteiger partial charge in [0.05, 0.1) is 14.2 Å². The second-order valence-corrected chi connectivity index (χ2v) is 3.17. The predicted molar refractivity (Wildman–Crippen MR) is 45.3 cm³/mol. The van der Waals surface area contributed by atoms with Crippen LogP contribution in [-0.2, 0) is 23.9 Å². The van der Waals surface area contributed by atoms with E-state index in [9.17, 15) is 14.4 Å². The van der Waals surface area contributed by atoms with E-state index in [2.05, 4.69) is 9.47 Å². The van der Waals surface area contributed by atoms with Gasteiger partial charge in [-0.15, -0.1) is 0 Å². The number of carbonyl (C=O) groups is 3. The molecule has 1 aliphatic rings. The molecule has 5 heteroatoms. The molecular weight excluding hydrogens is 188 g/mol. The number of methoxy groups -OCH3 is 2. The number of esters is 2. The smallest absolute Gasteiger partial charge is 0.330 e. The molecule has 0 spiro atoms. The first-order valence-electron chi connectivity index (χ1n) is 4.29. The molecule has 0 aromatic rings. The van der Waals surface area contributed by atoms with E-state index in [1.807, 2.05) is 0 Å². The molecule has 0 bridgehead atoms. The lowest BCUT2D eigenvalue weighted by molar-refractivity contribution is -0.170. The van der Waals surface area contributed by atoms with Crippen LogP contribution >= 0.6 is 0 Å². The standard InChI is InChI=1S/C9H12O5/c1-13-7(11)9(8(12)14-2)5-3-4-6(9)10/h3-5H2,1-2H3. The first kappa shape index (κ1) is 10.7. The number of carbonyl (C=O) groups excluding carboxylic acids is 3. The second kappa shape index (κ2) is 3.77. The van der Waals surface area contributed by atoms with Gasteiger partial charge >= 0.3 is 11.9 Å². The van der Waals surface area contributed by atoms with E-state index in [0.29, 0.717) is 6.42 Å². The predicted octanol–water partition coefficient (Wildman–Crippen LogP) is 0.0718. The van der Waals surface area contributed by atoms with Crippen molar-refractivity contribution >= 4 is 17.7 Å². The summed E-state index contributed by atoms with van der Waals surface area (Å²) >= 11 is 0. The normalized spacial score (nSPS) is 19.1. The van der Waals surface area contributed by atoms with Crippen LogP contribution in [0.1, 0.15) is 19.3 Å². The Morgan fingerprint density at radius 2 is 1.71 bits per heavy atom. The van der Waals surface area contributed by atoms with Crippen molar-refractivity contribution in [2.24, 2.45) is 5.41 Å². The first-order chi connectivity index (χ1) is 6.59. The van der Waals surface area contributed by atoms with Gasteiger partial charge in [-0.25, -0.2) is 0 Å². The quantitative estimate of drug-likeness (QED) is 0.466. The van der Waals surface area contributed by atoms with Crippen molar-refractivity contribution in [2.75, 3.05) is 14.2 Å². The molecule has 0 aromatic heterocycles. The summed E-state index contributed by atoms with van der Waals surface area (Å²) in [6, 6.07) is 0. The van der Waals surface area contributed by atoms with Crippen molar-refractivity contribution in [1.82, 2.24) is 0 Å². The molecule has 1 fully saturated rings. The monoisotopic (exact) mass is 200 g/mol. The molecule has 0 aliphatic heterocycles. The highest BCUT2D eigenvalue weighted by Gasteiger charge is 2.57. The van der Waals surface area contributed by atoms with Crippen molar-refractivity contribution in [3.05, 3.63) is 0 Å². The molecule has 0 amide bonds. The zero-order valence-corrected chi connectivity index (χ0v) is 8.16. The molecule has 0 radical (unpaired) electrons. The maximum absolute atomic E-state index is 11.5. The molecule has 0 saturated heterocycles. The molecule has 0 unspecified atom stereocenters. The van der Waals surface area contributed by atoms with Crippen molar-refractivity contribution in [3.8, 4) is 0 Å². The van der Waals surface area contributed by atoms with E-state index >= 15 is 0 Å². The van der Waals surface area contributed by atoms with Gasteiger partial charge in [0.2, 0.25) is 5.41 Å². The fourth-order valence-corrected chi connectivity index (χ4v) is 1.73. The molecule has 5 nitrogen and oxygen atoms in total. The van der Waals surface area contributed by atoms with E-state index in [0.717, 1.165) is 14.2 Å². The lowest BCUT2D eigenvalue weighted by atomic mass is 9.85. The second-order valence-electron chi connectivity index (χ2n) is 3.17. The lowest BCUT2D eigenvalue weighted by Crippen LogP contribution is -2.44. The van der Waals surface area contributed by atoms with Crippen molar-refractivity contribution in [2.45, 2.75) is 19.3 Å². The minimum Gasteiger partial charge on any atom is -0.468 e. The van der Waals surface area contributed by atoms with Gasteiger partial charge in [-0.2, -0.15) is 0 Å². The van der Waals surface area contributed by atoms with Crippen LogP contribution in [0.5, 0.6) is 0 Å². The fraction of sp³-hybridized carbons (Fsp3) is 0.667. The summed E-state index contributed by atoms with van der Waals surface area (Å²) in [5.74, 6) is -2.03. The van der Waals surface area contributed by atoms with Gasteiger partial charge in [0.1, 0.15) is 0 Å². The van der Waals surface area contributed by atoms with Crippen molar-refractivity contribution < 1.29 is 23.9 Å². The molecule has 14 heavy (non-hydrogen) atoms. The largest absolute Gasteiger partial charge is 0.468 e. The lowest BCUT2D eigenvalue weighted by Gasteiger charge is -2.20. The third-order valence-electron chi connectivity index (χ3n) is 2.50. The average molecular weight is 200 g/mol. The number of Topliss-reactive ketones (excluding diaryl/α,β-unsaturated/α-hetero) is 1. The summed E-state index contributed by atoms with van der Waals surface area (Å²) in [6.07, 6.45) is 0.929. The maximum atomic E-state index is 11.5. The Morgan fingerprint density at radius 1 is 1.21 bits per heavy atom. The fourth-order valence-electron chi connectivity index (χ4n) is 1.73. The van der Waals surface area contributed by atoms with Crippen LogP contribution in [0.3, 0.4) is 0 Å². The van der Waals surface area contributed by atoms with Gasteiger partial charge in [0, 0.05) is 6.42 Å². The summed E-state index contributed by atoms with van der Waals surface area (Å²) in [5, 5.41) is 0. The van der Waals surface area contributed by atoms with Gasteiger partial charge in [-0.3, -0.25) is 14.4 Å². The van der Waals surface area contributed by atoms with Crippen molar-refractivity contribution in [3.63, 3.8) is 0 Å². The number of hydrogen-bond donors (Lipinski definition) is 0. The number of ketones is 1. The number of ether oxygens (including phenoxy) is 2. The molecule has 0 atom stereocenters. The minimum atomic E-state index is -1.69. The average Bonchev–Trinajstić information content (AvgIpc) is 2.59. The molecular formula is C9H12O5. The summed E-state index contributed by atoms with van der Waals surface area (Å²) in [7, 11) is 2.30. The van der Waals surface area contributed by atoms with Crippen LogP contribution in [0, 0.1) is 5.41 Å². The van der Waals surface area contributed by atoms with E-state index in [-0.39, 0.29) is 12.8 Å². The summed E-state index contributed by atoms with van der Waals surface area (Å²) in [5.41, 5.74) is -1.69. The van der Waals surface area contributed by atoms with Crippen LogP contribution in [0.25, 0.3) is 0 Å². The number of hydrogen-bond acceptors (Lipinski definition) is 5. The zero-order chi connectivity index (χ0) is 10.8. The first-order valence-corrected chi connectivity index (χ1v) is 4.29. The minimum absolute atomic E-state index is 0.186. The van der Waals surface area contributed by atoms with Crippen LogP contribution in [-0.4, -0.2) is 31.9 Å². The molecule has 0 N–H and O–H groups in total. The highest BCUT2D eigenvalue weighted by molar-refractivity contribution is 6.21. The Bertz CT molecular complexity index is 265. The highest BCUT2D eigenvalue weighted by Crippen LogP contribution is 2.37. The third kappa shape index (κ3) is 1.29. The maximum Gasteiger partial charge on any atom is 0.330 e. The van der Waals surface area contributed by atoms with E-state index in [1.54, 1.807) is 0 Å². The van der Waals surface area contributed by atoms with Crippen LogP contribution in [0.15, 0.2) is 0 Å². The highest BCUT2D eigenvalue weighted by atomic mass is 16.5. The van der Waals surface area contributed by atoms with E-state index in [4.69, 9.17) is 0 Å². The van der Waals surface area contributed by atoms with E-state index < -0.39 is 23.1 Å². The molecule has 1 rings (SSSR count). The molecule has 1 saturated carbocycles. The SMILES string of the molecule is COC(=O)C1(C(=O)OC)CCCC1=O. The Balaban J connectivity index is 3.08. The molecule has 1 aliphatic carbocycles. The van der Waals surface area contributed by atoms with E-state index in [1.165, 1.54) is 0 Å². The Morgan fingerprint density at radius 3 is 2.00 bits per heavy atom. The Labute approximate surface area is 81.4 Å². The number of rotatable bonds is 2. The van der Waals surface area contributed by atoms with Gasteiger partial charge < -0.3 is 9.47 Å². The Hall–Kier alpha value is -1.39. The van der Waals surface area contributed by atoms with Gasteiger partial charge in [-0.1, -0.05) is 0 Å². The molecule has 78 valence electrons. The summed E-state index contributed by atoms with van der Waals surface area (Å²) in [4.78, 5) is 34.3. The molecule has 0 heterocycles. The zero-order valence-electron chi connectivity index (χ0n) is 8.16. The van der Waals surface area contributed by atoms with Crippen LogP contribution < -0.4 is 0 Å². The van der Waals surface area contributed by atoms with Gasteiger partial charge in [0.15, 0.2) is 5.78 Å². The topological polar surface area (TPSA) is 69.7 Å². The third-order valence-corrected chi connectivity index (χ3v) is 2.50. The molecule has 0 aromatic carbocycles. The van der Waals surface area contributed by atoms with Crippen LogP contribution in [0.4, 0.5) is 0 Å². The van der Waals surface area contributed by atoms with Gasteiger partial charge in [-0.05, 0) is 12.8 Å². The van der Waals surface area contributed by atoms with Crippen molar-refractivity contribution in [1.29, 1.82) is 0 Å². The van der Waals surface area contributed by atoms with Crippen LogP contribution in [0.2, 0.25) is 0 Å². The Kier molecular flexibility index (Phi) is 2.88. The summed E-state index contributed by atoms with van der Waals surface area (Å²) < 4.78 is 8.94. The van der Waals surface area contributed by atoms with Gasteiger partial charge in [0.25, 0.3) is 0 Å². The summed E-state index contributed by atoms with van der Waals surface area (Å²) in [6.45, 7) is 0.